The van der Waals surface area contributed by atoms with Crippen LogP contribution in [0.4, 0.5) is 0 Å². The molecular formula is C20H29N5O6S2. The molecule has 0 radical (unpaired) electrons. The molecule has 11 nitrogen and oxygen atoms in total. The SMILES string of the molecule is CNCc1ccc(CSCCNC(=NCC(O)c2ccc(O)c(C(N)=O)c2)NS(C)(=O)=O)o1. The number of furan rings is 1. The molecule has 0 fully saturated rings. The van der Waals surface area contributed by atoms with Gasteiger partial charge in [0.25, 0.3) is 5.91 Å². The molecule has 2 aromatic rings. The quantitative estimate of drug-likeness (QED) is 0.136. The van der Waals surface area contributed by atoms with Crippen molar-refractivity contribution >= 4 is 33.7 Å². The Morgan fingerprint density at radius 3 is 2.67 bits per heavy atom. The lowest BCUT2D eigenvalue weighted by atomic mass is 10.0. The number of aliphatic hydroxyl groups is 1. The van der Waals surface area contributed by atoms with Gasteiger partial charge in [-0.15, -0.1) is 0 Å². The molecule has 33 heavy (non-hydrogen) atoms. The van der Waals surface area contributed by atoms with E-state index < -0.39 is 22.0 Å². The largest absolute Gasteiger partial charge is 0.507 e. The van der Waals surface area contributed by atoms with Crippen LogP contribution in [0.25, 0.3) is 0 Å². The maximum atomic E-state index is 11.6. The summed E-state index contributed by atoms with van der Waals surface area (Å²) < 4.78 is 31.2. The van der Waals surface area contributed by atoms with E-state index in [4.69, 9.17) is 10.2 Å². The van der Waals surface area contributed by atoms with E-state index in [2.05, 4.69) is 20.3 Å². The van der Waals surface area contributed by atoms with Gasteiger partial charge in [0.15, 0.2) is 0 Å². The van der Waals surface area contributed by atoms with Crippen molar-refractivity contribution in [1.29, 1.82) is 0 Å². The molecule has 0 bridgehead atoms. The standard InChI is InChI=1S/C20H29N5O6S2/c1-22-10-14-4-5-15(31-14)12-32-8-7-23-20(25-33(2,29)30)24-11-18(27)13-3-6-17(26)16(9-13)19(21)28/h3-6,9,18,22,26-27H,7-8,10-12H2,1-2H3,(H2,21,28)(H2,23,24,25). The number of aliphatic imine (C=N–C) groups is 1. The summed E-state index contributed by atoms with van der Waals surface area (Å²) in [5, 5.41) is 26.0. The predicted octanol–water partition coefficient (Wildman–Crippen LogP) is 0.265. The third-order valence-electron chi connectivity index (χ3n) is 4.23. The molecule has 0 spiro atoms. The Kier molecular flexibility index (Phi) is 10.0. The number of carbonyl (C=O) groups is 1. The minimum atomic E-state index is -3.59. The first-order chi connectivity index (χ1) is 15.6. The summed E-state index contributed by atoms with van der Waals surface area (Å²) in [4.78, 5) is 15.5. The number of aromatic hydroxyl groups is 1. The van der Waals surface area contributed by atoms with E-state index in [9.17, 15) is 23.4 Å². The molecule has 182 valence electrons. The van der Waals surface area contributed by atoms with Crippen molar-refractivity contribution in [3.8, 4) is 5.75 Å². The van der Waals surface area contributed by atoms with Crippen LogP contribution in [0.1, 0.15) is 33.5 Å². The van der Waals surface area contributed by atoms with E-state index in [0.29, 0.717) is 30.2 Å². The van der Waals surface area contributed by atoms with Crippen molar-refractivity contribution in [3.05, 3.63) is 53.0 Å². The van der Waals surface area contributed by atoms with E-state index in [1.807, 2.05) is 19.2 Å². The van der Waals surface area contributed by atoms with Gasteiger partial charge in [-0.1, -0.05) is 6.07 Å². The summed E-state index contributed by atoms with van der Waals surface area (Å²) in [5.41, 5.74) is 5.37. The molecule has 1 atom stereocenters. The van der Waals surface area contributed by atoms with Crippen molar-refractivity contribution in [2.45, 2.75) is 18.4 Å². The maximum Gasteiger partial charge on any atom is 0.252 e. The van der Waals surface area contributed by atoms with Crippen LogP contribution < -0.4 is 21.1 Å². The van der Waals surface area contributed by atoms with Crippen molar-refractivity contribution in [2.24, 2.45) is 10.7 Å². The summed E-state index contributed by atoms with van der Waals surface area (Å²) in [6.45, 7) is 0.877. The maximum absolute atomic E-state index is 11.6. The number of carbonyl (C=O) groups excluding carboxylic acids is 1. The first-order valence-corrected chi connectivity index (χ1v) is 13.0. The number of thioether (sulfide) groups is 1. The Labute approximate surface area is 196 Å². The van der Waals surface area contributed by atoms with E-state index in [0.717, 1.165) is 17.8 Å². The molecule has 1 amide bonds. The number of guanidine groups is 1. The van der Waals surface area contributed by atoms with Crippen LogP contribution >= 0.6 is 11.8 Å². The number of rotatable bonds is 12. The summed E-state index contributed by atoms with van der Waals surface area (Å²) in [7, 11) is -1.75. The summed E-state index contributed by atoms with van der Waals surface area (Å²) >= 11 is 1.60. The highest BCUT2D eigenvalue weighted by Crippen LogP contribution is 2.22. The molecule has 0 saturated heterocycles. The van der Waals surface area contributed by atoms with Gasteiger partial charge in [0.05, 0.1) is 36.8 Å². The molecule has 1 unspecified atom stereocenters. The van der Waals surface area contributed by atoms with Gasteiger partial charge < -0.3 is 31.0 Å². The topological polar surface area (TPSA) is 179 Å². The molecular weight excluding hydrogens is 470 g/mol. The fourth-order valence-electron chi connectivity index (χ4n) is 2.72. The van der Waals surface area contributed by atoms with Crippen LogP contribution in [-0.4, -0.2) is 62.6 Å². The van der Waals surface area contributed by atoms with Crippen LogP contribution in [0, 0.1) is 0 Å². The number of nitrogens with one attached hydrogen (secondary N) is 3. The number of sulfonamides is 1. The first-order valence-electron chi connectivity index (χ1n) is 9.96. The van der Waals surface area contributed by atoms with Gasteiger partial charge in [-0.3, -0.25) is 9.52 Å². The highest BCUT2D eigenvalue weighted by molar-refractivity contribution is 7.98. The minimum Gasteiger partial charge on any atom is -0.507 e. The average molecular weight is 500 g/mol. The summed E-state index contributed by atoms with van der Waals surface area (Å²) in [5.74, 6) is 1.87. The third-order valence-corrected chi connectivity index (χ3v) is 5.77. The van der Waals surface area contributed by atoms with Gasteiger partial charge in [0.2, 0.25) is 16.0 Å². The van der Waals surface area contributed by atoms with Crippen molar-refractivity contribution in [2.75, 3.05) is 32.1 Å². The Bertz CT molecular complexity index is 1070. The number of phenols is 1. The smallest absolute Gasteiger partial charge is 0.252 e. The Morgan fingerprint density at radius 1 is 1.27 bits per heavy atom. The molecule has 0 aliphatic heterocycles. The number of amides is 1. The van der Waals surface area contributed by atoms with E-state index >= 15 is 0 Å². The van der Waals surface area contributed by atoms with Gasteiger partial charge in [0, 0.05) is 12.3 Å². The lowest BCUT2D eigenvalue weighted by molar-refractivity contribution is 0.0997. The highest BCUT2D eigenvalue weighted by atomic mass is 32.2. The van der Waals surface area contributed by atoms with Gasteiger partial charge in [-0.05, 0) is 36.9 Å². The number of benzene rings is 1. The molecule has 1 aromatic heterocycles. The third kappa shape index (κ3) is 9.34. The van der Waals surface area contributed by atoms with Gasteiger partial charge in [-0.25, -0.2) is 13.4 Å². The number of primary amides is 1. The zero-order chi connectivity index (χ0) is 24.4. The fraction of sp³-hybridized carbons (Fsp3) is 0.400. The molecule has 0 saturated carbocycles. The number of aliphatic hydroxyl groups excluding tert-OH is 1. The first kappa shape index (κ1) is 26.5. The second kappa shape index (κ2) is 12.5. The molecule has 1 aromatic carbocycles. The second-order valence-electron chi connectivity index (χ2n) is 7.10. The van der Waals surface area contributed by atoms with E-state index in [1.165, 1.54) is 18.2 Å². The monoisotopic (exact) mass is 499 g/mol. The van der Waals surface area contributed by atoms with Gasteiger partial charge in [-0.2, -0.15) is 11.8 Å². The van der Waals surface area contributed by atoms with Crippen LogP contribution in [0.3, 0.4) is 0 Å². The van der Waals surface area contributed by atoms with E-state index in [-0.39, 0.29) is 23.8 Å². The number of hydrogen-bond donors (Lipinski definition) is 6. The van der Waals surface area contributed by atoms with Crippen LogP contribution in [0.15, 0.2) is 39.7 Å². The zero-order valence-electron chi connectivity index (χ0n) is 18.4. The Morgan fingerprint density at radius 2 is 2.00 bits per heavy atom. The summed E-state index contributed by atoms with van der Waals surface area (Å²) in [6.07, 6.45) is -0.157. The van der Waals surface area contributed by atoms with Crippen molar-refractivity contribution in [3.63, 3.8) is 0 Å². The fourth-order valence-corrected chi connectivity index (χ4v) is 3.96. The molecule has 13 heteroatoms. The molecule has 2 rings (SSSR count). The molecule has 0 aliphatic carbocycles. The van der Waals surface area contributed by atoms with Gasteiger partial charge in [0.1, 0.15) is 17.3 Å². The molecule has 1 heterocycles. The van der Waals surface area contributed by atoms with Crippen molar-refractivity contribution < 1.29 is 27.8 Å². The van der Waals surface area contributed by atoms with Crippen LogP contribution in [-0.2, 0) is 22.3 Å². The number of hydrogen-bond acceptors (Lipinski definition) is 9. The number of nitrogens with zero attached hydrogens (tertiary/aromatic N) is 1. The lowest BCUT2D eigenvalue weighted by Gasteiger charge is -2.14. The average Bonchev–Trinajstić information content (AvgIpc) is 3.18. The lowest BCUT2D eigenvalue weighted by Crippen LogP contribution is -2.41. The van der Waals surface area contributed by atoms with E-state index in [1.54, 1.807) is 11.8 Å². The predicted molar refractivity (Wildman–Crippen MR) is 128 cm³/mol. The second-order valence-corrected chi connectivity index (χ2v) is 9.95. The molecule has 7 N–H and O–H groups in total. The highest BCUT2D eigenvalue weighted by Gasteiger charge is 2.14. The molecule has 0 aliphatic rings. The Hall–Kier alpha value is -2.74. The zero-order valence-corrected chi connectivity index (χ0v) is 20.0. The van der Waals surface area contributed by atoms with Gasteiger partial charge >= 0.3 is 0 Å². The normalized spacial score (nSPS) is 13.0. The van der Waals surface area contributed by atoms with Crippen molar-refractivity contribution in [1.82, 2.24) is 15.4 Å². The Balaban J connectivity index is 1.92. The van der Waals surface area contributed by atoms with Crippen LogP contribution in [0.5, 0.6) is 5.75 Å². The number of nitrogens with two attached hydrogens (primary N) is 1. The van der Waals surface area contributed by atoms with Crippen LogP contribution in [0.2, 0.25) is 0 Å². The minimum absolute atomic E-state index is 0.0136. The summed E-state index contributed by atoms with van der Waals surface area (Å²) in [6, 6.07) is 7.76.